The second-order valence-electron chi connectivity index (χ2n) is 7.40. The van der Waals surface area contributed by atoms with E-state index in [0.717, 1.165) is 5.69 Å². The summed E-state index contributed by atoms with van der Waals surface area (Å²) in [5.41, 5.74) is 5.02. The van der Waals surface area contributed by atoms with Crippen molar-refractivity contribution in [1.29, 1.82) is 0 Å². The number of rotatable bonds is 4. The predicted octanol–water partition coefficient (Wildman–Crippen LogP) is 5.45. The molecular formula is C22H25NSi. The highest BCUT2D eigenvalue weighted by Gasteiger charge is 2.21. The average molecular weight is 332 g/mol. The maximum absolute atomic E-state index is 4.59. The highest BCUT2D eigenvalue weighted by molar-refractivity contribution is 6.88. The van der Waals surface area contributed by atoms with Gasteiger partial charge in [0.1, 0.15) is 0 Å². The van der Waals surface area contributed by atoms with Gasteiger partial charge in [-0.25, -0.2) is 0 Å². The van der Waals surface area contributed by atoms with Crippen LogP contribution in [0.1, 0.15) is 24.0 Å². The predicted molar refractivity (Wildman–Crippen MR) is 107 cm³/mol. The zero-order valence-corrected chi connectivity index (χ0v) is 16.0. The normalized spacial score (nSPS) is 12.8. The molecule has 1 unspecified atom stereocenters. The zero-order valence-electron chi connectivity index (χ0n) is 15.0. The molecule has 0 bridgehead atoms. The van der Waals surface area contributed by atoms with Crippen molar-refractivity contribution in [2.75, 3.05) is 0 Å². The van der Waals surface area contributed by atoms with Crippen molar-refractivity contribution < 1.29 is 0 Å². The Labute approximate surface area is 146 Å². The quantitative estimate of drug-likeness (QED) is 0.580. The Bertz CT molecular complexity index is 804. The molecule has 1 atom stereocenters. The van der Waals surface area contributed by atoms with Crippen molar-refractivity contribution >= 4 is 13.3 Å². The monoisotopic (exact) mass is 331 g/mol. The number of hydrogen-bond donors (Lipinski definition) is 0. The van der Waals surface area contributed by atoms with Crippen molar-refractivity contribution in [3.63, 3.8) is 0 Å². The molecule has 0 fully saturated rings. The lowest BCUT2D eigenvalue weighted by Crippen LogP contribution is -2.37. The lowest BCUT2D eigenvalue weighted by molar-refractivity contribution is 0.924. The van der Waals surface area contributed by atoms with E-state index in [1.165, 1.54) is 21.9 Å². The molecule has 1 aromatic heterocycles. The topological polar surface area (TPSA) is 12.9 Å². The fourth-order valence-electron chi connectivity index (χ4n) is 3.06. The Balaban J connectivity index is 2.16. The van der Waals surface area contributed by atoms with E-state index in [0.29, 0.717) is 5.92 Å². The lowest BCUT2D eigenvalue weighted by atomic mass is 9.88. The molecule has 24 heavy (non-hydrogen) atoms. The van der Waals surface area contributed by atoms with E-state index in [2.05, 4.69) is 92.2 Å². The number of pyridine rings is 1. The zero-order chi connectivity index (χ0) is 17.2. The molecule has 0 radical (unpaired) electrons. The molecule has 3 rings (SSSR count). The van der Waals surface area contributed by atoms with E-state index < -0.39 is 8.07 Å². The van der Waals surface area contributed by atoms with Gasteiger partial charge in [-0.3, -0.25) is 4.98 Å². The Morgan fingerprint density at radius 3 is 2.17 bits per heavy atom. The maximum Gasteiger partial charge on any atom is 0.0776 e. The molecule has 3 aromatic rings. The molecule has 0 aliphatic carbocycles. The Morgan fingerprint density at radius 2 is 1.54 bits per heavy atom. The van der Waals surface area contributed by atoms with Gasteiger partial charge in [0.2, 0.25) is 0 Å². The van der Waals surface area contributed by atoms with Gasteiger partial charge in [-0.05, 0) is 23.3 Å². The summed E-state index contributed by atoms with van der Waals surface area (Å²) in [4.78, 5) is 4.59. The Morgan fingerprint density at radius 1 is 0.833 bits per heavy atom. The standard InChI is InChI=1S/C22H25NSi/c1-17(18-10-6-5-7-11-18)21-16-19(24(2,3)4)13-14-20(21)22-12-8-9-15-23-22/h5-17H,1-4H3. The van der Waals surface area contributed by atoms with Crippen molar-refractivity contribution in [1.82, 2.24) is 4.98 Å². The summed E-state index contributed by atoms with van der Waals surface area (Å²) >= 11 is 0. The fraction of sp³-hybridized carbons (Fsp3) is 0.227. The molecule has 122 valence electrons. The first-order valence-electron chi connectivity index (χ1n) is 8.57. The number of aromatic nitrogens is 1. The molecule has 0 N–H and O–H groups in total. The first kappa shape index (κ1) is 16.7. The summed E-state index contributed by atoms with van der Waals surface area (Å²) in [7, 11) is -1.36. The van der Waals surface area contributed by atoms with E-state index in [4.69, 9.17) is 0 Å². The van der Waals surface area contributed by atoms with Crippen molar-refractivity contribution in [2.45, 2.75) is 32.5 Å². The molecule has 0 saturated heterocycles. The molecule has 2 heteroatoms. The van der Waals surface area contributed by atoms with E-state index in [-0.39, 0.29) is 0 Å². The SMILES string of the molecule is CC(c1ccccc1)c1cc([Si](C)(C)C)ccc1-c1ccccn1. The second-order valence-corrected chi connectivity index (χ2v) is 12.5. The van der Waals surface area contributed by atoms with Gasteiger partial charge in [0, 0.05) is 17.7 Å². The van der Waals surface area contributed by atoms with Gasteiger partial charge in [0.15, 0.2) is 0 Å². The van der Waals surface area contributed by atoms with Crippen LogP contribution < -0.4 is 5.19 Å². The van der Waals surface area contributed by atoms with Crippen LogP contribution in [-0.2, 0) is 0 Å². The van der Waals surface area contributed by atoms with Crippen molar-refractivity contribution in [3.05, 3.63) is 84.1 Å². The highest BCUT2D eigenvalue weighted by atomic mass is 28.3. The molecule has 1 nitrogen and oxygen atoms in total. The van der Waals surface area contributed by atoms with Crippen LogP contribution in [0.2, 0.25) is 19.6 Å². The minimum Gasteiger partial charge on any atom is -0.256 e. The Hall–Kier alpha value is -2.19. The van der Waals surface area contributed by atoms with Crippen LogP contribution in [0, 0.1) is 0 Å². The summed E-state index contributed by atoms with van der Waals surface area (Å²) in [6.07, 6.45) is 1.87. The van der Waals surface area contributed by atoms with Crippen molar-refractivity contribution in [2.24, 2.45) is 0 Å². The number of benzene rings is 2. The number of hydrogen-bond acceptors (Lipinski definition) is 1. The van der Waals surface area contributed by atoms with E-state index in [9.17, 15) is 0 Å². The first-order chi connectivity index (χ1) is 11.5. The van der Waals surface area contributed by atoms with Gasteiger partial charge in [-0.15, -0.1) is 0 Å². The summed E-state index contributed by atoms with van der Waals surface area (Å²) in [5, 5.41) is 1.50. The van der Waals surface area contributed by atoms with Crippen LogP contribution in [-0.4, -0.2) is 13.1 Å². The smallest absolute Gasteiger partial charge is 0.0776 e. The second kappa shape index (κ2) is 6.74. The van der Waals surface area contributed by atoms with Gasteiger partial charge < -0.3 is 0 Å². The van der Waals surface area contributed by atoms with Crippen LogP contribution in [0.4, 0.5) is 0 Å². The summed E-state index contributed by atoms with van der Waals surface area (Å²) < 4.78 is 0. The van der Waals surface area contributed by atoms with E-state index in [1.807, 2.05) is 12.3 Å². The summed E-state index contributed by atoms with van der Waals surface area (Å²) in [5.74, 6) is 0.347. The van der Waals surface area contributed by atoms with Crippen LogP contribution >= 0.6 is 0 Å². The van der Waals surface area contributed by atoms with Gasteiger partial charge in [0.25, 0.3) is 0 Å². The average Bonchev–Trinajstić information content (AvgIpc) is 2.61. The van der Waals surface area contributed by atoms with Crippen LogP contribution in [0.3, 0.4) is 0 Å². The van der Waals surface area contributed by atoms with Crippen LogP contribution in [0.5, 0.6) is 0 Å². The molecule has 2 aromatic carbocycles. The van der Waals surface area contributed by atoms with Gasteiger partial charge >= 0.3 is 0 Å². The van der Waals surface area contributed by atoms with Crippen LogP contribution in [0.15, 0.2) is 72.9 Å². The Kier molecular flexibility index (Phi) is 4.68. The van der Waals surface area contributed by atoms with Gasteiger partial charge in [0.05, 0.1) is 13.8 Å². The molecule has 0 aliphatic rings. The lowest BCUT2D eigenvalue weighted by Gasteiger charge is -2.23. The first-order valence-corrected chi connectivity index (χ1v) is 12.1. The molecule has 0 amide bonds. The minimum atomic E-state index is -1.36. The number of nitrogens with zero attached hydrogens (tertiary/aromatic N) is 1. The fourth-order valence-corrected chi connectivity index (χ4v) is 4.24. The minimum absolute atomic E-state index is 0.347. The highest BCUT2D eigenvalue weighted by Crippen LogP contribution is 2.32. The molecule has 1 heterocycles. The summed E-state index contributed by atoms with van der Waals surface area (Å²) in [6.45, 7) is 9.50. The molecule has 0 aliphatic heterocycles. The van der Waals surface area contributed by atoms with Crippen LogP contribution in [0.25, 0.3) is 11.3 Å². The van der Waals surface area contributed by atoms with E-state index in [1.54, 1.807) is 0 Å². The third-order valence-corrected chi connectivity index (χ3v) is 6.67. The third kappa shape index (κ3) is 3.49. The third-order valence-electron chi connectivity index (χ3n) is 4.62. The largest absolute Gasteiger partial charge is 0.256 e. The van der Waals surface area contributed by atoms with Crippen molar-refractivity contribution in [3.8, 4) is 11.3 Å². The van der Waals surface area contributed by atoms with E-state index >= 15 is 0 Å². The molecular weight excluding hydrogens is 306 g/mol. The van der Waals surface area contributed by atoms with Gasteiger partial charge in [-0.1, -0.05) is 86.3 Å². The maximum atomic E-state index is 4.59. The molecule has 0 saturated carbocycles. The van der Waals surface area contributed by atoms with Gasteiger partial charge in [-0.2, -0.15) is 0 Å². The molecule has 0 spiro atoms. The summed E-state index contributed by atoms with van der Waals surface area (Å²) in [6, 6.07) is 23.9.